The van der Waals surface area contributed by atoms with Gasteiger partial charge in [0.15, 0.2) is 11.2 Å². The first kappa shape index (κ1) is 78.9. The number of anilines is 1. The molecule has 1 aliphatic carbocycles. The zero-order valence-corrected chi connectivity index (χ0v) is 64.8. The van der Waals surface area contributed by atoms with Gasteiger partial charge in [0.2, 0.25) is 15.9 Å². The van der Waals surface area contributed by atoms with Crippen molar-refractivity contribution in [3.8, 4) is 28.2 Å². The second-order valence-electron chi connectivity index (χ2n) is 24.8. The number of methoxy groups -OCH3 is 1. The first-order chi connectivity index (χ1) is 49.6. The van der Waals surface area contributed by atoms with Crippen molar-refractivity contribution in [3.63, 3.8) is 0 Å². The van der Waals surface area contributed by atoms with Crippen LogP contribution in [0.15, 0.2) is 128 Å². The average molecular weight is 1610 g/mol. The number of hydrogen-bond donors (Lipinski definition) is 9. The van der Waals surface area contributed by atoms with Crippen LogP contribution in [-0.4, -0.2) is 146 Å². The second kappa shape index (κ2) is 34.6. The van der Waals surface area contributed by atoms with Gasteiger partial charge < -0.3 is 50.2 Å². The number of amides is 2. The summed E-state index contributed by atoms with van der Waals surface area (Å²) in [5.41, 5.74) is 10.1. The molecule has 24 nitrogen and oxygen atoms in total. The van der Waals surface area contributed by atoms with E-state index in [-0.39, 0.29) is 77.1 Å². The first-order valence-corrected chi connectivity index (χ1v) is 40.0. The van der Waals surface area contributed by atoms with E-state index in [2.05, 4.69) is 44.5 Å². The third kappa shape index (κ3) is 18.3. The summed E-state index contributed by atoms with van der Waals surface area (Å²) in [4.78, 5) is 98.1. The number of fused-ring (bicyclic) bond motifs is 11. The van der Waals surface area contributed by atoms with E-state index < -0.39 is 65.3 Å². The number of ketones is 1. The number of benzene rings is 5. The fourth-order valence-electron chi connectivity index (χ4n) is 12.9. The molecule has 9 N–H and O–H groups in total. The Bertz CT molecular complexity index is 5320. The number of aromatic nitrogens is 4. The van der Waals surface area contributed by atoms with Crippen LogP contribution in [0.2, 0.25) is 0 Å². The van der Waals surface area contributed by atoms with E-state index >= 15 is 0 Å². The van der Waals surface area contributed by atoms with E-state index in [9.17, 15) is 63.2 Å². The Morgan fingerprint density at radius 3 is 2.08 bits per heavy atom. The monoisotopic (exact) mass is 1610 g/mol. The molecular formula is C74H83FIN9O15S4. The number of nitrogens with one attached hydrogen (secondary N) is 6. The molecule has 3 aliphatic heterocycles. The fraction of sp³-hybridized carbons (Fsp3) is 0.311. The predicted octanol–water partition coefficient (Wildman–Crippen LogP) is 12.8. The maximum atomic E-state index is 14.0. The summed E-state index contributed by atoms with van der Waals surface area (Å²) in [6.07, 6.45) is 1.01. The number of ether oxygens (including phenoxy) is 1. The minimum absolute atomic E-state index is 0.000567. The number of phenolic OH excluding ortho intramolecular Hbond substituents is 1. The Labute approximate surface area is 622 Å². The van der Waals surface area contributed by atoms with Gasteiger partial charge in [-0.15, -0.1) is 0 Å². The molecule has 0 fully saturated rings. The molecular weight excluding hydrogens is 1530 g/mol. The number of aromatic amines is 2. The van der Waals surface area contributed by atoms with Crippen molar-refractivity contribution in [1.29, 1.82) is 0.594 Å². The number of H-pyrrole nitrogens is 2. The number of rotatable bonds is 17. The summed E-state index contributed by atoms with van der Waals surface area (Å²) >= 11 is 3.90. The molecule has 4 atom stereocenters. The Morgan fingerprint density at radius 1 is 0.808 bits per heavy atom. The van der Waals surface area contributed by atoms with Crippen molar-refractivity contribution in [1.82, 2.24) is 40.6 Å². The van der Waals surface area contributed by atoms with Crippen LogP contribution in [0.3, 0.4) is 0 Å². The average Bonchev–Trinajstić information content (AvgIpc) is 1.50. The zero-order valence-electron chi connectivity index (χ0n) is 60.4. The van der Waals surface area contributed by atoms with Gasteiger partial charge in [-0.05, 0) is 124 Å². The van der Waals surface area contributed by atoms with Crippen molar-refractivity contribution in [2.45, 2.75) is 101 Å². The Kier molecular flexibility index (Phi) is 26.3. The number of carbonyl (C=O) groups excluding carboxylic acids is 4. The molecule has 3 aromatic heterocycles. The second-order valence-corrected chi connectivity index (χ2v) is 30.8. The van der Waals surface area contributed by atoms with E-state index in [0.717, 1.165) is 39.8 Å². The van der Waals surface area contributed by atoms with Crippen LogP contribution in [0.1, 0.15) is 141 Å². The molecule has 4 unspecified atom stereocenters. The molecule has 6 heterocycles. The predicted molar refractivity (Wildman–Crippen MR) is 419 cm³/mol. The third-order valence-corrected chi connectivity index (χ3v) is 21.7. The number of carbonyl (C=O) groups is 5. The van der Waals surface area contributed by atoms with Gasteiger partial charge in [0.25, 0.3) is 16.0 Å². The van der Waals surface area contributed by atoms with Crippen LogP contribution in [-0.2, 0) is 40.9 Å². The van der Waals surface area contributed by atoms with E-state index in [1.54, 1.807) is 63.5 Å². The molecule has 8 bridgehead atoms. The van der Waals surface area contributed by atoms with Gasteiger partial charge in [0.05, 0.1) is 52.0 Å². The number of aryl methyl sites for hydroxylation is 2. The Morgan fingerprint density at radius 2 is 1.44 bits per heavy atom. The van der Waals surface area contributed by atoms with Crippen LogP contribution < -0.4 is 31.0 Å². The molecule has 4 aliphatic rings. The number of nitrogens with zero attached hydrogens (tertiary/aromatic N) is 3. The number of esters is 1. The number of carboxylic acid groups (broad SMARTS) is 1. The number of phenols is 1. The van der Waals surface area contributed by atoms with Gasteiger partial charge >= 0.3 is 41.9 Å². The third-order valence-electron chi connectivity index (χ3n) is 18.1. The molecule has 0 saturated carbocycles. The molecule has 552 valence electrons. The summed E-state index contributed by atoms with van der Waals surface area (Å²) < 4.78 is 87.0. The molecule has 7 aromatic rings. The van der Waals surface area contributed by atoms with E-state index in [1.165, 1.54) is 62.0 Å². The van der Waals surface area contributed by atoms with Gasteiger partial charge in [0.1, 0.15) is 21.4 Å². The van der Waals surface area contributed by atoms with E-state index in [1.807, 2.05) is 75.3 Å². The van der Waals surface area contributed by atoms with Crippen LogP contribution in [0, 0.1) is 13.8 Å². The number of halogens is 2. The minimum atomic E-state index is -4.36. The number of alkyl halides is 1. The molecule has 30 heteroatoms. The van der Waals surface area contributed by atoms with Crippen LogP contribution in [0.4, 0.5) is 8.55 Å². The molecule has 11 rings (SSSR count). The van der Waals surface area contributed by atoms with Crippen LogP contribution in [0.5, 0.6) is 5.75 Å². The van der Waals surface area contributed by atoms with Crippen molar-refractivity contribution in [2.24, 2.45) is 0 Å². The number of aromatic hydroxyl groups is 1. The van der Waals surface area contributed by atoms with Crippen molar-refractivity contribution in [2.75, 3.05) is 64.5 Å². The fourth-order valence-corrected chi connectivity index (χ4v) is 15.2. The van der Waals surface area contributed by atoms with E-state index in [0.29, 0.717) is 104 Å². The number of carboxylic acids is 1. The molecule has 0 radical (unpaired) electrons. The van der Waals surface area contributed by atoms with Crippen molar-refractivity contribution < 1.29 is 67.6 Å². The topological polar surface area (TPSA) is 362 Å². The molecule has 0 saturated heterocycles. The molecule has 104 heavy (non-hydrogen) atoms. The number of hydrogen-bond acceptors (Lipinski definition) is 18. The van der Waals surface area contributed by atoms with Crippen molar-refractivity contribution in [3.05, 3.63) is 176 Å². The normalized spacial score (nSPS) is 15.0. The summed E-state index contributed by atoms with van der Waals surface area (Å²) in [6.45, 7) is 10.9. The quantitative estimate of drug-likeness (QED) is 0.00597. The van der Waals surface area contributed by atoms with Crippen molar-refractivity contribution >= 4 is 149 Å². The number of thioether (sulfide) groups is 1. The molecule has 4 aromatic carbocycles. The van der Waals surface area contributed by atoms with Gasteiger partial charge in [-0.3, -0.25) is 38.5 Å². The van der Waals surface area contributed by atoms with E-state index in [4.69, 9.17) is 31.9 Å². The Balaban J connectivity index is 0.000000222. The first-order valence-electron chi connectivity index (χ1n) is 33.1. The van der Waals surface area contributed by atoms with Crippen LogP contribution >= 0.6 is 45.6 Å². The number of Topliss-reactive ketones (excluding diaryl/α,β-unsaturated/α-hetero) is 1. The summed E-state index contributed by atoms with van der Waals surface area (Å²) in [5.74, 6) is -3.60. The van der Waals surface area contributed by atoms with Gasteiger partial charge in [-0.2, -0.15) is 8.42 Å². The summed E-state index contributed by atoms with van der Waals surface area (Å²) in [5, 5.41) is 30.2. The van der Waals surface area contributed by atoms with Gasteiger partial charge in [-0.25, -0.2) is 17.9 Å². The van der Waals surface area contributed by atoms with Gasteiger partial charge in [-0.1, -0.05) is 75.1 Å². The molecule has 0 spiro atoms. The zero-order chi connectivity index (χ0) is 77.3. The molecule has 2 amide bonds. The number of sulfonamides is 1. The Hall–Kier alpha value is -9.18. The van der Waals surface area contributed by atoms with Gasteiger partial charge in [0, 0.05) is 154 Å². The number of thiocarbonyl (C=S) groups is 1. The maximum absolute atomic E-state index is 14.0. The SMILES string of the molecule is CCC1c2cc3[nH]c(c(CC(=O)OC)c4nc(cc5[nH]c(cc(n2)C1C)c(C(C)=O)c5C)C(C)C4CCC(=O)NC)c(C(=O)NCCS(=O)(=O)O)c3C.CNC(=S)Sc1ccc(-c2c3ccc(=O)cc-3oc3cc(O)ccc23)c(C(=O)O)c1.CNS(=O)(=O)c1cccc2c(N(C)C)cccc12.[3H]I(C)F. The standard InChI is InChI=1S/C38H48N6O8S.C22H15NO5S2.C13H16N2O2S.CH4FI/c1-9-23-18(2)26-17-31-34(22(6)45)20(4)28(42-31)15-27-19(3)24(10-11-32(46)39-7)36(43-27)25(14-33(47)52-8)37-35(38(48)40-12-13-53(49,50)51)21(5)29(44-37)16-30(23)41-26;1-23-22(29)30-13-4-7-14(17(10-13)21(26)27)20-15-5-2-11(24)8-18(15)28-19-9-12(25)3-6-16(19)20;1-14-18(16,17)13-9-5-6-10-11(13)7-4-8-12(10)15(2)3;1-3-2/h15-19,23-24,42,44H,9-14H2,1-8H3,(H,39,46)(H,40,48)(H,49,50,51);2-10,24H,1H3,(H,23,29)(H,26,27);4-9,14H,1-3H3;3H,1H3/i;;;3T. The summed E-state index contributed by atoms with van der Waals surface area (Å²) in [6, 6.07) is 30.7. The number of aromatic carboxylic acids is 1. The van der Waals surface area contributed by atoms with Crippen LogP contribution in [0.25, 0.3) is 66.3 Å². The summed E-state index contributed by atoms with van der Waals surface area (Å²) in [7, 11) is 2.03.